The summed E-state index contributed by atoms with van der Waals surface area (Å²) in [4.78, 5) is 5.10. The Morgan fingerprint density at radius 3 is 2.61 bits per heavy atom. The third-order valence-electron chi connectivity index (χ3n) is 5.38. The molecule has 0 saturated carbocycles. The average molecular weight is 314 g/mol. The Balaban J connectivity index is 2.13. The fourth-order valence-corrected chi connectivity index (χ4v) is 3.91. The summed E-state index contributed by atoms with van der Waals surface area (Å²) in [6.45, 7) is 6.42. The Morgan fingerprint density at radius 2 is 1.87 bits per heavy atom. The first-order chi connectivity index (χ1) is 11.1. The molecule has 4 nitrogen and oxygen atoms in total. The van der Waals surface area contributed by atoms with Gasteiger partial charge < -0.3 is 15.6 Å². The van der Waals surface area contributed by atoms with Crippen LogP contribution < -0.4 is 11.1 Å². The van der Waals surface area contributed by atoms with Crippen LogP contribution in [-0.4, -0.2) is 23.1 Å². The van der Waals surface area contributed by atoms with Crippen LogP contribution in [0.15, 0.2) is 0 Å². The zero-order valence-electron chi connectivity index (χ0n) is 14.8. The molecule has 1 aliphatic rings. The third-order valence-corrected chi connectivity index (χ3v) is 5.38. The molecular weight excluding hydrogens is 284 g/mol. The molecule has 3 N–H and O–H groups in total. The first-order valence-electron chi connectivity index (χ1n) is 9.06. The second-order valence-electron chi connectivity index (χ2n) is 6.88. The molecule has 0 aliphatic heterocycles. The van der Waals surface area contributed by atoms with Crippen molar-refractivity contribution in [1.82, 2.24) is 14.9 Å². The van der Waals surface area contributed by atoms with E-state index in [-0.39, 0.29) is 0 Å². The summed E-state index contributed by atoms with van der Waals surface area (Å²) < 4.78 is 2.37. The molecule has 2 aromatic rings. The van der Waals surface area contributed by atoms with Gasteiger partial charge in [0.1, 0.15) is 5.65 Å². The van der Waals surface area contributed by atoms with Gasteiger partial charge in [-0.3, -0.25) is 0 Å². The number of nitrogens with zero attached hydrogens (tertiary/aromatic N) is 2. The molecule has 0 atom stereocenters. The number of pyridine rings is 1. The number of hydrogen-bond acceptors (Lipinski definition) is 3. The molecule has 4 heteroatoms. The highest BCUT2D eigenvalue weighted by Gasteiger charge is 2.20. The zero-order chi connectivity index (χ0) is 16.4. The van der Waals surface area contributed by atoms with Crippen LogP contribution in [0.25, 0.3) is 11.0 Å². The number of nitrogens with two attached hydrogens (primary N) is 1. The predicted molar refractivity (Wildman–Crippen MR) is 98.0 cm³/mol. The van der Waals surface area contributed by atoms with Crippen LogP contribution in [0, 0.1) is 13.8 Å². The molecule has 1 aliphatic carbocycles. The number of aromatic nitrogens is 2. The number of rotatable bonds is 4. The standard InChI is InChI=1S/C19H30N4/c1-13-14(2)23(12-8-11-21-3)19-17(13)18(20)15-9-6-4-5-7-10-16(15)22-19/h21H,4-12H2,1-3H3,(H2,20,22). The van der Waals surface area contributed by atoms with Crippen molar-refractivity contribution in [1.29, 1.82) is 0 Å². The highest BCUT2D eigenvalue weighted by molar-refractivity contribution is 5.95. The molecule has 0 radical (unpaired) electrons. The molecule has 0 spiro atoms. The van der Waals surface area contributed by atoms with Crippen molar-refractivity contribution >= 4 is 16.7 Å². The van der Waals surface area contributed by atoms with Gasteiger partial charge in [-0.15, -0.1) is 0 Å². The molecule has 2 aromatic heterocycles. The minimum absolute atomic E-state index is 1.000. The van der Waals surface area contributed by atoms with Crippen LogP contribution in [0.1, 0.15) is 54.6 Å². The van der Waals surface area contributed by atoms with Gasteiger partial charge in [0, 0.05) is 29.0 Å². The van der Waals surface area contributed by atoms with Crippen molar-refractivity contribution in [2.75, 3.05) is 19.3 Å². The molecule has 3 rings (SSSR count). The summed E-state index contributed by atoms with van der Waals surface area (Å²) in [7, 11) is 2.00. The normalized spacial score (nSPS) is 15.4. The summed E-state index contributed by atoms with van der Waals surface area (Å²) in [6, 6.07) is 0. The highest BCUT2D eigenvalue weighted by atomic mass is 15.1. The van der Waals surface area contributed by atoms with Crippen LogP contribution in [0.2, 0.25) is 0 Å². The predicted octanol–water partition coefficient (Wildman–Crippen LogP) is 3.50. The van der Waals surface area contributed by atoms with Gasteiger partial charge in [-0.2, -0.15) is 0 Å². The summed E-state index contributed by atoms with van der Waals surface area (Å²) >= 11 is 0. The monoisotopic (exact) mass is 314 g/mol. The fourth-order valence-electron chi connectivity index (χ4n) is 3.91. The lowest BCUT2D eigenvalue weighted by atomic mass is 9.94. The van der Waals surface area contributed by atoms with Crippen LogP contribution in [-0.2, 0) is 19.4 Å². The summed E-state index contributed by atoms with van der Waals surface area (Å²) in [5, 5.41) is 4.43. The molecule has 0 bridgehead atoms. The number of nitrogen functional groups attached to an aromatic ring is 1. The Morgan fingerprint density at radius 1 is 1.13 bits per heavy atom. The van der Waals surface area contributed by atoms with Gasteiger partial charge >= 0.3 is 0 Å². The molecule has 0 saturated heterocycles. The van der Waals surface area contributed by atoms with Crippen molar-refractivity contribution in [2.24, 2.45) is 0 Å². The highest BCUT2D eigenvalue weighted by Crippen LogP contribution is 2.34. The topological polar surface area (TPSA) is 55.9 Å². The lowest BCUT2D eigenvalue weighted by Crippen LogP contribution is -2.13. The molecule has 23 heavy (non-hydrogen) atoms. The second kappa shape index (κ2) is 6.91. The molecule has 0 fully saturated rings. The summed E-state index contributed by atoms with van der Waals surface area (Å²) in [5.74, 6) is 0. The van der Waals surface area contributed by atoms with Gasteiger partial charge in [0.25, 0.3) is 0 Å². The van der Waals surface area contributed by atoms with E-state index in [1.54, 1.807) is 0 Å². The summed E-state index contributed by atoms with van der Waals surface area (Å²) in [6.07, 6.45) is 8.40. The molecule has 2 heterocycles. The molecule has 0 unspecified atom stereocenters. The van der Waals surface area contributed by atoms with Crippen LogP contribution in [0.3, 0.4) is 0 Å². The van der Waals surface area contributed by atoms with Gasteiger partial charge in [0.05, 0.1) is 0 Å². The lowest BCUT2D eigenvalue weighted by Gasteiger charge is -2.17. The maximum absolute atomic E-state index is 6.63. The first kappa shape index (κ1) is 16.3. The Kier molecular flexibility index (Phi) is 4.90. The van der Waals surface area contributed by atoms with Crippen molar-refractivity contribution < 1.29 is 0 Å². The molecular formula is C19H30N4. The van der Waals surface area contributed by atoms with Crippen LogP contribution in [0.5, 0.6) is 0 Å². The number of hydrogen-bond donors (Lipinski definition) is 2. The minimum Gasteiger partial charge on any atom is -0.398 e. The maximum Gasteiger partial charge on any atom is 0.142 e. The zero-order valence-corrected chi connectivity index (χ0v) is 14.8. The molecule has 0 amide bonds. The third kappa shape index (κ3) is 2.97. The van der Waals surface area contributed by atoms with Crippen molar-refractivity contribution in [3.8, 4) is 0 Å². The molecule has 126 valence electrons. The minimum atomic E-state index is 1.000. The maximum atomic E-state index is 6.63. The number of aryl methyl sites for hydroxylation is 3. The van der Waals surface area contributed by atoms with E-state index in [2.05, 4.69) is 23.7 Å². The Labute approximate surface area is 139 Å². The Hall–Kier alpha value is -1.55. The van der Waals surface area contributed by atoms with Crippen molar-refractivity contribution in [3.05, 3.63) is 22.5 Å². The van der Waals surface area contributed by atoms with Crippen molar-refractivity contribution in [2.45, 2.75) is 65.3 Å². The van der Waals surface area contributed by atoms with E-state index in [1.165, 1.54) is 53.6 Å². The summed E-state index contributed by atoms with van der Waals surface area (Å²) in [5.41, 5.74) is 13.9. The Bertz CT molecular complexity index is 699. The van der Waals surface area contributed by atoms with E-state index < -0.39 is 0 Å². The van der Waals surface area contributed by atoms with Gasteiger partial charge in [-0.25, -0.2) is 4.98 Å². The largest absolute Gasteiger partial charge is 0.398 e. The van der Waals surface area contributed by atoms with Crippen molar-refractivity contribution in [3.63, 3.8) is 0 Å². The lowest BCUT2D eigenvalue weighted by molar-refractivity contribution is 0.602. The quantitative estimate of drug-likeness (QED) is 0.849. The van der Waals surface area contributed by atoms with E-state index in [0.717, 1.165) is 43.7 Å². The fraction of sp³-hybridized carbons (Fsp3) is 0.632. The van der Waals surface area contributed by atoms with Crippen LogP contribution >= 0.6 is 0 Å². The van der Waals surface area contributed by atoms with E-state index in [0.29, 0.717) is 0 Å². The number of anilines is 1. The second-order valence-corrected chi connectivity index (χ2v) is 6.88. The first-order valence-corrected chi connectivity index (χ1v) is 9.06. The van der Waals surface area contributed by atoms with E-state index in [9.17, 15) is 0 Å². The smallest absolute Gasteiger partial charge is 0.142 e. The molecule has 0 aromatic carbocycles. The average Bonchev–Trinajstić information content (AvgIpc) is 2.74. The SMILES string of the molecule is CNCCCn1c(C)c(C)c2c(N)c3c(nc21)CCCCCC3. The van der Waals surface area contributed by atoms with E-state index >= 15 is 0 Å². The number of fused-ring (bicyclic) bond motifs is 2. The van der Waals surface area contributed by atoms with E-state index in [4.69, 9.17) is 10.7 Å². The van der Waals surface area contributed by atoms with Gasteiger partial charge in [0.15, 0.2) is 0 Å². The van der Waals surface area contributed by atoms with Gasteiger partial charge in [0.2, 0.25) is 0 Å². The van der Waals surface area contributed by atoms with Crippen LogP contribution in [0.4, 0.5) is 5.69 Å². The van der Waals surface area contributed by atoms with Gasteiger partial charge in [-0.1, -0.05) is 12.8 Å². The van der Waals surface area contributed by atoms with Gasteiger partial charge in [-0.05, 0) is 70.7 Å². The number of nitrogens with one attached hydrogen (secondary N) is 1. The van der Waals surface area contributed by atoms with E-state index in [1.807, 2.05) is 7.05 Å².